The summed E-state index contributed by atoms with van der Waals surface area (Å²) in [6.45, 7) is 4.06. The third-order valence-electron chi connectivity index (χ3n) is 5.07. The zero-order valence-electron chi connectivity index (χ0n) is 14.7. The van der Waals surface area contributed by atoms with E-state index in [4.69, 9.17) is 4.74 Å². The molecule has 0 bridgehead atoms. The molecule has 4 nitrogen and oxygen atoms in total. The van der Waals surface area contributed by atoms with Gasteiger partial charge in [-0.05, 0) is 49.4 Å². The Kier molecular flexibility index (Phi) is 5.72. The van der Waals surface area contributed by atoms with E-state index in [1.165, 1.54) is 22.5 Å². The van der Waals surface area contributed by atoms with E-state index < -0.39 is 6.10 Å². The average molecular weight is 329 g/mol. The summed E-state index contributed by atoms with van der Waals surface area (Å²) in [6.07, 6.45) is 3.07. The summed E-state index contributed by atoms with van der Waals surface area (Å²) >= 11 is 0. The fourth-order valence-electron chi connectivity index (χ4n) is 3.47. The first-order valence-electron chi connectivity index (χ1n) is 8.95. The van der Waals surface area contributed by atoms with Crippen LogP contribution in [0.3, 0.4) is 0 Å². The number of hydrogen-bond acceptors (Lipinski definition) is 2. The number of hydrogen-bond donors (Lipinski definition) is 2. The highest BCUT2D eigenvalue weighted by Gasteiger charge is 2.21. The zero-order valence-corrected chi connectivity index (χ0v) is 14.7. The molecule has 1 aliphatic rings. The quantitative estimate of drug-likeness (QED) is 0.814. The normalized spacial score (nSPS) is 18.4. The lowest BCUT2D eigenvalue weighted by Gasteiger charge is -2.26. The van der Waals surface area contributed by atoms with E-state index in [2.05, 4.69) is 60.3 Å². The van der Waals surface area contributed by atoms with Gasteiger partial charge in [0, 0.05) is 12.7 Å². The first kappa shape index (κ1) is 17.2. The van der Waals surface area contributed by atoms with Crippen molar-refractivity contribution < 1.29 is 15.2 Å². The Labute approximate surface area is 144 Å². The number of ether oxygens (including phenoxy) is 1. The van der Waals surface area contributed by atoms with E-state index in [9.17, 15) is 5.11 Å². The van der Waals surface area contributed by atoms with Gasteiger partial charge in [0.2, 0.25) is 0 Å². The third-order valence-corrected chi connectivity index (χ3v) is 5.07. The van der Waals surface area contributed by atoms with Gasteiger partial charge in [-0.2, -0.15) is 0 Å². The van der Waals surface area contributed by atoms with Gasteiger partial charge in [0.25, 0.3) is 0 Å². The van der Waals surface area contributed by atoms with Crippen LogP contribution in [0.5, 0.6) is 0 Å². The third kappa shape index (κ3) is 4.07. The molecule has 24 heavy (non-hydrogen) atoms. The fourth-order valence-corrected chi connectivity index (χ4v) is 3.47. The summed E-state index contributed by atoms with van der Waals surface area (Å²) < 4.78 is 8.22. The maximum absolute atomic E-state index is 10.2. The maximum atomic E-state index is 10.2. The fraction of sp³-hybridized carbons (Fsp3) is 0.500. The number of aliphatic hydroxyl groups is 1. The average Bonchev–Trinajstić information content (AvgIpc) is 2.92. The van der Waals surface area contributed by atoms with E-state index in [1.54, 1.807) is 0 Å². The minimum Gasteiger partial charge on any atom is -0.385 e. The van der Waals surface area contributed by atoms with E-state index in [-0.39, 0.29) is 6.10 Å². The first-order chi connectivity index (χ1) is 11.6. The predicted molar refractivity (Wildman–Crippen MR) is 94.7 cm³/mol. The van der Waals surface area contributed by atoms with Crippen molar-refractivity contribution >= 4 is 0 Å². The van der Waals surface area contributed by atoms with Crippen LogP contribution in [0.2, 0.25) is 0 Å². The molecule has 1 aliphatic carbocycles. The number of aromatic nitrogens is 1. The van der Waals surface area contributed by atoms with Crippen LogP contribution in [0, 0.1) is 6.92 Å². The summed E-state index contributed by atoms with van der Waals surface area (Å²) in [5, 5.41) is 12.4. The minimum absolute atomic E-state index is 0.139. The highest BCUT2D eigenvalue weighted by atomic mass is 16.5. The SMILES string of the molecule is Cc1ccc(C[NH2+]C[C@@H](O)CO[C@@H]2CCCc3ccccc32)n1C. The summed E-state index contributed by atoms with van der Waals surface area (Å²) in [6, 6.07) is 12.8. The highest BCUT2D eigenvalue weighted by molar-refractivity contribution is 5.31. The number of aliphatic hydroxyl groups excluding tert-OH is 1. The van der Waals surface area contributed by atoms with Gasteiger partial charge < -0.3 is 19.7 Å². The summed E-state index contributed by atoms with van der Waals surface area (Å²) in [5.74, 6) is 0. The second-order valence-electron chi connectivity index (χ2n) is 6.82. The first-order valence-corrected chi connectivity index (χ1v) is 8.95. The molecular weight excluding hydrogens is 300 g/mol. The molecule has 0 unspecified atom stereocenters. The van der Waals surface area contributed by atoms with E-state index in [1.807, 2.05) is 0 Å². The monoisotopic (exact) mass is 329 g/mol. The van der Waals surface area contributed by atoms with Crippen molar-refractivity contribution in [3.05, 3.63) is 58.9 Å². The number of fused-ring (bicyclic) bond motifs is 1. The second kappa shape index (κ2) is 7.97. The van der Waals surface area contributed by atoms with Gasteiger partial charge in [-0.15, -0.1) is 0 Å². The van der Waals surface area contributed by atoms with Gasteiger partial charge in [0.15, 0.2) is 0 Å². The van der Waals surface area contributed by atoms with E-state index in [0.717, 1.165) is 25.8 Å². The van der Waals surface area contributed by atoms with Crippen molar-refractivity contribution in [3.63, 3.8) is 0 Å². The lowest BCUT2D eigenvalue weighted by molar-refractivity contribution is -0.677. The Morgan fingerprint density at radius 2 is 2.12 bits per heavy atom. The Morgan fingerprint density at radius 3 is 2.92 bits per heavy atom. The Morgan fingerprint density at radius 1 is 1.29 bits per heavy atom. The molecule has 0 fully saturated rings. The summed E-state index contributed by atoms with van der Waals surface area (Å²) in [5.41, 5.74) is 5.24. The van der Waals surface area contributed by atoms with Crippen LogP contribution in [0.15, 0.2) is 36.4 Å². The lowest BCUT2D eigenvalue weighted by atomic mass is 9.89. The smallest absolute Gasteiger partial charge is 0.126 e. The van der Waals surface area contributed by atoms with Gasteiger partial charge in [-0.3, -0.25) is 0 Å². The molecule has 0 amide bonds. The molecule has 0 aliphatic heterocycles. The van der Waals surface area contributed by atoms with Gasteiger partial charge in [0.1, 0.15) is 19.2 Å². The molecular formula is C20H29N2O2+. The lowest BCUT2D eigenvalue weighted by Crippen LogP contribution is -2.85. The van der Waals surface area contributed by atoms with E-state index >= 15 is 0 Å². The van der Waals surface area contributed by atoms with Gasteiger partial charge in [-0.25, -0.2) is 0 Å². The Hall–Kier alpha value is -1.62. The van der Waals surface area contributed by atoms with Crippen molar-refractivity contribution in [2.75, 3.05) is 13.2 Å². The number of rotatable bonds is 7. The van der Waals surface area contributed by atoms with Crippen LogP contribution in [0.25, 0.3) is 0 Å². The molecule has 3 N–H and O–H groups in total. The molecule has 0 saturated carbocycles. The van der Waals surface area contributed by atoms with Crippen molar-refractivity contribution in [3.8, 4) is 0 Å². The van der Waals surface area contributed by atoms with Crippen LogP contribution >= 0.6 is 0 Å². The van der Waals surface area contributed by atoms with Crippen molar-refractivity contribution in [1.82, 2.24) is 4.57 Å². The molecule has 1 aromatic carbocycles. The zero-order chi connectivity index (χ0) is 16.9. The molecule has 3 rings (SSSR count). The number of nitrogens with zero attached hydrogens (tertiary/aromatic N) is 1. The van der Waals surface area contributed by atoms with Gasteiger partial charge in [-0.1, -0.05) is 24.3 Å². The van der Waals surface area contributed by atoms with Gasteiger partial charge in [0.05, 0.1) is 18.4 Å². The van der Waals surface area contributed by atoms with Crippen molar-refractivity contribution in [2.24, 2.45) is 7.05 Å². The van der Waals surface area contributed by atoms with Crippen molar-refractivity contribution in [1.29, 1.82) is 0 Å². The topological polar surface area (TPSA) is 51.0 Å². The molecule has 4 heteroatoms. The Bertz CT molecular complexity index is 665. The van der Waals surface area contributed by atoms with Gasteiger partial charge >= 0.3 is 0 Å². The molecule has 0 radical (unpaired) electrons. The highest BCUT2D eigenvalue weighted by Crippen LogP contribution is 2.32. The largest absolute Gasteiger partial charge is 0.385 e. The molecule has 1 aromatic heterocycles. The number of nitrogens with two attached hydrogens (primary N) is 1. The number of aryl methyl sites for hydroxylation is 2. The molecule has 2 atom stereocenters. The minimum atomic E-state index is -0.430. The maximum Gasteiger partial charge on any atom is 0.126 e. The summed E-state index contributed by atoms with van der Waals surface area (Å²) in [4.78, 5) is 0. The molecule has 130 valence electrons. The Balaban J connectivity index is 1.43. The van der Waals surface area contributed by atoms with Crippen LogP contribution in [-0.4, -0.2) is 28.9 Å². The number of benzene rings is 1. The van der Waals surface area contributed by atoms with Crippen molar-refractivity contribution in [2.45, 2.75) is 44.9 Å². The van der Waals surface area contributed by atoms with Crippen LogP contribution in [0.4, 0.5) is 0 Å². The van der Waals surface area contributed by atoms with Crippen LogP contribution < -0.4 is 5.32 Å². The van der Waals surface area contributed by atoms with E-state index in [0.29, 0.717) is 13.2 Å². The molecule has 1 heterocycles. The summed E-state index contributed by atoms with van der Waals surface area (Å²) in [7, 11) is 2.08. The molecule has 0 spiro atoms. The van der Waals surface area contributed by atoms with Crippen LogP contribution in [0.1, 0.15) is 41.5 Å². The van der Waals surface area contributed by atoms with Crippen LogP contribution in [-0.2, 0) is 24.8 Å². The number of quaternary nitrogens is 1. The second-order valence-corrected chi connectivity index (χ2v) is 6.82. The predicted octanol–water partition coefficient (Wildman–Crippen LogP) is 1.85. The standard InChI is InChI=1S/C20H28N2O2/c1-15-10-11-17(22(15)2)12-21-13-18(23)14-24-20-9-5-7-16-6-3-4-8-19(16)20/h3-4,6,8,10-11,18,20-21,23H,5,7,9,12-14H2,1-2H3/p+1/t18-,20-/m1/s1. The molecule has 0 saturated heterocycles. The molecule has 2 aromatic rings.